The molecule has 0 N–H and O–H groups in total. The number of thiazole rings is 1. The summed E-state index contributed by atoms with van der Waals surface area (Å²) < 4.78 is 40.4. The SMILES string of the molecule is FC(F)(F)c1ccn(-c2nc3sccn3c2CCl)n1. The monoisotopic (exact) mass is 306 g/mol. The largest absolute Gasteiger partial charge is 0.435 e. The summed E-state index contributed by atoms with van der Waals surface area (Å²) in [5.41, 5.74) is -0.348. The van der Waals surface area contributed by atoms with Gasteiger partial charge in [-0.05, 0) is 6.07 Å². The molecule has 0 atom stereocenters. The summed E-state index contributed by atoms with van der Waals surface area (Å²) in [6.45, 7) is 0. The van der Waals surface area contributed by atoms with E-state index in [-0.39, 0.29) is 5.88 Å². The smallest absolute Gasteiger partial charge is 0.291 e. The average Bonchev–Trinajstić information content (AvgIpc) is 3.01. The van der Waals surface area contributed by atoms with Crippen molar-refractivity contribution in [3.05, 3.63) is 35.2 Å². The Morgan fingerprint density at radius 1 is 1.32 bits per heavy atom. The van der Waals surface area contributed by atoms with E-state index < -0.39 is 11.9 Å². The fourth-order valence-electron chi connectivity index (χ4n) is 1.72. The molecule has 3 aromatic heterocycles. The molecule has 0 spiro atoms. The average molecular weight is 307 g/mol. The maximum Gasteiger partial charge on any atom is 0.435 e. The molecule has 0 amide bonds. The zero-order valence-corrected chi connectivity index (χ0v) is 10.8. The molecule has 3 rings (SSSR count). The number of nitrogens with zero attached hydrogens (tertiary/aromatic N) is 4. The van der Waals surface area contributed by atoms with E-state index in [1.165, 1.54) is 17.5 Å². The number of aromatic nitrogens is 4. The van der Waals surface area contributed by atoms with Gasteiger partial charge in [-0.25, -0.2) is 4.68 Å². The maximum atomic E-state index is 12.5. The molecular weight excluding hydrogens is 301 g/mol. The molecule has 0 unspecified atom stereocenters. The fourth-order valence-corrected chi connectivity index (χ4v) is 2.70. The topological polar surface area (TPSA) is 35.1 Å². The molecule has 3 aromatic rings. The third-order valence-corrected chi connectivity index (χ3v) is 3.57. The summed E-state index contributed by atoms with van der Waals surface area (Å²) in [6, 6.07) is 0.908. The molecule has 0 aliphatic rings. The molecule has 9 heteroatoms. The number of rotatable bonds is 2. The van der Waals surface area contributed by atoms with Gasteiger partial charge in [0.25, 0.3) is 0 Å². The van der Waals surface area contributed by atoms with Crippen molar-refractivity contribution >= 4 is 27.9 Å². The minimum Gasteiger partial charge on any atom is -0.291 e. The molecule has 0 aromatic carbocycles. The first-order valence-electron chi connectivity index (χ1n) is 5.14. The third kappa shape index (κ3) is 2.00. The molecule has 19 heavy (non-hydrogen) atoms. The second kappa shape index (κ2) is 4.24. The van der Waals surface area contributed by atoms with E-state index >= 15 is 0 Å². The van der Waals surface area contributed by atoms with E-state index in [1.54, 1.807) is 10.6 Å². The number of halogens is 4. The molecule has 100 valence electrons. The lowest BCUT2D eigenvalue weighted by Crippen LogP contribution is -2.08. The van der Waals surface area contributed by atoms with Crippen molar-refractivity contribution in [2.75, 3.05) is 0 Å². The highest BCUT2D eigenvalue weighted by molar-refractivity contribution is 7.15. The Bertz CT molecular complexity index is 727. The molecular formula is C10H6ClF3N4S. The summed E-state index contributed by atoms with van der Waals surface area (Å²) in [5, 5.41) is 5.32. The second-order valence-electron chi connectivity index (χ2n) is 3.71. The van der Waals surface area contributed by atoms with Gasteiger partial charge in [-0.1, -0.05) is 0 Å². The molecule has 0 radical (unpaired) electrons. The Morgan fingerprint density at radius 2 is 2.11 bits per heavy atom. The van der Waals surface area contributed by atoms with Gasteiger partial charge in [0, 0.05) is 17.8 Å². The second-order valence-corrected chi connectivity index (χ2v) is 4.85. The highest BCUT2D eigenvalue weighted by Gasteiger charge is 2.34. The summed E-state index contributed by atoms with van der Waals surface area (Å²) in [4.78, 5) is 4.90. The van der Waals surface area contributed by atoms with Crippen LogP contribution < -0.4 is 0 Å². The zero-order valence-electron chi connectivity index (χ0n) is 9.23. The van der Waals surface area contributed by atoms with Crippen molar-refractivity contribution in [1.82, 2.24) is 19.2 Å². The van der Waals surface area contributed by atoms with Crippen LogP contribution in [0.25, 0.3) is 10.8 Å². The Balaban J connectivity index is 2.13. The van der Waals surface area contributed by atoms with Gasteiger partial charge in [0.15, 0.2) is 16.5 Å². The summed E-state index contributed by atoms with van der Waals surface area (Å²) in [7, 11) is 0. The van der Waals surface area contributed by atoms with Crippen LogP contribution in [0.5, 0.6) is 0 Å². The minimum atomic E-state index is -4.47. The van der Waals surface area contributed by atoms with E-state index in [9.17, 15) is 13.2 Å². The first kappa shape index (κ1) is 12.5. The normalized spacial score (nSPS) is 12.4. The van der Waals surface area contributed by atoms with Gasteiger partial charge in [0.05, 0.1) is 11.6 Å². The number of fused-ring (bicyclic) bond motifs is 1. The highest BCUT2D eigenvalue weighted by Crippen LogP contribution is 2.29. The van der Waals surface area contributed by atoms with Gasteiger partial charge < -0.3 is 0 Å². The molecule has 0 bridgehead atoms. The Labute approximate surface area is 114 Å². The number of hydrogen-bond donors (Lipinski definition) is 0. The fraction of sp³-hybridized carbons (Fsp3) is 0.200. The van der Waals surface area contributed by atoms with Gasteiger partial charge in [0.2, 0.25) is 0 Å². The quantitative estimate of drug-likeness (QED) is 0.681. The van der Waals surface area contributed by atoms with Crippen molar-refractivity contribution < 1.29 is 13.2 Å². The van der Waals surface area contributed by atoms with E-state index in [1.807, 2.05) is 5.38 Å². The number of alkyl halides is 4. The van der Waals surface area contributed by atoms with E-state index in [0.29, 0.717) is 16.5 Å². The van der Waals surface area contributed by atoms with Crippen LogP contribution in [-0.4, -0.2) is 19.2 Å². The van der Waals surface area contributed by atoms with Gasteiger partial charge in [-0.2, -0.15) is 23.3 Å². The van der Waals surface area contributed by atoms with Crippen LogP contribution >= 0.6 is 22.9 Å². The maximum absolute atomic E-state index is 12.5. The van der Waals surface area contributed by atoms with Crippen LogP contribution in [0.4, 0.5) is 13.2 Å². The first-order chi connectivity index (χ1) is 9.00. The van der Waals surface area contributed by atoms with Gasteiger partial charge in [-0.3, -0.25) is 4.40 Å². The molecule has 0 aliphatic heterocycles. The summed E-state index contributed by atoms with van der Waals surface area (Å²) in [5.74, 6) is 0.450. The molecule has 0 saturated carbocycles. The van der Waals surface area contributed by atoms with Gasteiger partial charge >= 0.3 is 6.18 Å². The van der Waals surface area contributed by atoms with Crippen LogP contribution in [0.2, 0.25) is 0 Å². The Morgan fingerprint density at radius 3 is 2.74 bits per heavy atom. The lowest BCUT2D eigenvalue weighted by Gasteiger charge is -2.02. The van der Waals surface area contributed by atoms with Crippen molar-refractivity contribution in [1.29, 1.82) is 0 Å². The summed E-state index contributed by atoms with van der Waals surface area (Å²) in [6.07, 6.45) is -1.48. The minimum absolute atomic E-state index is 0.133. The van der Waals surface area contributed by atoms with Crippen LogP contribution in [0.15, 0.2) is 23.8 Å². The zero-order chi connectivity index (χ0) is 13.6. The Hall–Kier alpha value is -1.54. The molecule has 0 fully saturated rings. The summed E-state index contributed by atoms with van der Waals surface area (Å²) >= 11 is 7.21. The van der Waals surface area contributed by atoms with E-state index in [4.69, 9.17) is 11.6 Å². The van der Waals surface area contributed by atoms with Gasteiger partial charge in [-0.15, -0.1) is 22.9 Å². The first-order valence-corrected chi connectivity index (χ1v) is 6.56. The molecule has 0 saturated heterocycles. The molecule has 3 heterocycles. The van der Waals surface area contributed by atoms with Crippen molar-refractivity contribution in [2.24, 2.45) is 0 Å². The predicted octanol–water partition coefficient (Wildman–Crippen LogP) is 3.34. The van der Waals surface area contributed by atoms with Gasteiger partial charge in [0.1, 0.15) is 0 Å². The van der Waals surface area contributed by atoms with Crippen molar-refractivity contribution in [3.8, 4) is 5.82 Å². The van der Waals surface area contributed by atoms with Crippen molar-refractivity contribution in [2.45, 2.75) is 12.1 Å². The lowest BCUT2D eigenvalue weighted by molar-refractivity contribution is -0.141. The Kier molecular flexibility index (Phi) is 2.79. The lowest BCUT2D eigenvalue weighted by atomic mass is 10.4. The molecule has 0 aliphatic carbocycles. The molecule has 4 nitrogen and oxygen atoms in total. The third-order valence-electron chi connectivity index (χ3n) is 2.56. The van der Waals surface area contributed by atoms with Crippen LogP contribution in [0.1, 0.15) is 11.4 Å². The van der Waals surface area contributed by atoms with Crippen LogP contribution in [0.3, 0.4) is 0 Å². The van der Waals surface area contributed by atoms with Crippen LogP contribution in [-0.2, 0) is 12.1 Å². The standard InChI is InChI=1S/C10H6ClF3N4S/c11-5-6-8(15-9-17(6)3-4-19-9)18-2-1-7(16-18)10(12,13)14/h1-4H,5H2. The van der Waals surface area contributed by atoms with E-state index in [2.05, 4.69) is 10.1 Å². The number of hydrogen-bond acceptors (Lipinski definition) is 3. The van der Waals surface area contributed by atoms with Crippen LogP contribution in [0, 0.1) is 0 Å². The highest BCUT2D eigenvalue weighted by atomic mass is 35.5. The van der Waals surface area contributed by atoms with Crippen molar-refractivity contribution in [3.63, 3.8) is 0 Å². The predicted molar refractivity (Wildman–Crippen MR) is 64.8 cm³/mol. The number of imidazole rings is 1. The van der Waals surface area contributed by atoms with E-state index in [0.717, 1.165) is 10.7 Å².